The van der Waals surface area contributed by atoms with Gasteiger partial charge in [0, 0.05) is 18.0 Å². The van der Waals surface area contributed by atoms with Gasteiger partial charge in [-0.1, -0.05) is 6.07 Å². The fourth-order valence-electron chi connectivity index (χ4n) is 1.76. The number of methoxy groups -OCH3 is 1. The molecule has 1 fully saturated rings. The third-order valence-corrected chi connectivity index (χ3v) is 4.04. The van der Waals surface area contributed by atoms with Crippen LogP contribution in [0.5, 0.6) is 0 Å². The van der Waals surface area contributed by atoms with Crippen molar-refractivity contribution in [2.75, 3.05) is 7.11 Å². The molecule has 3 nitrogen and oxygen atoms in total. The molecule has 0 atom stereocenters. The number of nitrogens with zero attached hydrogens (tertiary/aromatic N) is 1. The highest BCUT2D eigenvalue weighted by Gasteiger charge is 2.39. The van der Waals surface area contributed by atoms with Gasteiger partial charge < -0.3 is 9.64 Å². The number of amides is 1. The summed E-state index contributed by atoms with van der Waals surface area (Å²) in [6.45, 7) is 4.38. The van der Waals surface area contributed by atoms with Crippen molar-refractivity contribution in [3.05, 3.63) is 22.4 Å². The van der Waals surface area contributed by atoms with Gasteiger partial charge in [0.2, 0.25) is 0 Å². The highest BCUT2D eigenvalue weighted by molar-refractivity contribution is 7.09. The lowest BCUT2D eigenvalue weighted by molar-refractivity contribution is -0.152. The van der Waals surface area contributed by atoms with Crippen molar-refractivity contribution in [3.8, 4) is 0 Å². The van der Waals surface area contributed by atoms with Crippen LogP contribution in [-0.2, 0) is 16.1 Å². The monoisotopic (exact) mass is 253 g/mol. The molecule has 0 saturated heterocycles. The smallest absolute Gasteiger partial charge is 0.254 e. The summed E-state index contributed by atoms with van der Waals surface area (Å²) < 4.78 is 5.29. The van der Waals surface area contributed by atoms with E-state index >= 15 is 0 Å². The number of carbonyl (C=O) groups excluding carboxylic acids is 1. The topological polar surface area (TPSA) is 29.5 Å². The Balaban J connectivity index is 2.10. The zero-order valence-corrected chi connectivity index (χ0v) is 11.4. The molecule has 4 heteroatoms. The number of rotatable bonds is 5. The minimum absolute atomic E-state index is 0.0934. The number of hydrogen-bond donors (Lipinski definition) is 0. The number of thiophene rings is 1. The van der Waals surface area contributed by atoms with Crippen molar-refractivity contribution in [2.45, 2.75) is 44.9 Å². The zero-order chi connectivity index (χ0) is 12.5. The standard InChI is InChI=1S/C13H19NO2S/c1-13(2,16-3)12(15)14(10-6-7-10)9-11-5-4-8-17-11/h4-5,8,10H,6-7,9H2,1-3H3. The second-order valence-corrected chi connectivity index (χ2v) is 5.99. The first-order valence-corrected chi connectivity index (χ1v) is 6.81. The summed E-state index contributed by atoms with van der Waals surface area (Å²) in [6.07, 6.45) is 2.24. The first-order valence-electron chi connectivity index (χ1n) is 5.93. The van der Waals surface area contributed by atoms with E-state index < -0.39 is 5.60 Å². The fraction of sp³-hybridized carbons (Fsp3) is 0.615. The molecule has 1 aromatic heterocycles. The lowest BCUT2D eigenvalue weighted by atomic mass is 10.1. The Morgan fingerprint density at radius 2 is 2.29 bits per heavy atom. The summed E-state index contributed by atoms with van der Waals surface area (Å²) in [5.41, 5.74) is -0.722. The predicted octanol–water partition coefficient (Wildman–Crippen LogP) is 2.66. The van der Waals surface area contributed by atoms with Crippen LogP contribution >= 0.6 is 11.3 Å². The van der Waals surface area contributed by atoms with E-state index in [1.807, 2.05) is 30.2 Å². The molecular weight excluding hydrogens is 234 g/mol. The normalized spacial score (nSPS) is 15.9. The summed E-state index contributed by atoms with van der Waals surface area (Å²) in [5.74, 6) is 0.0934. The maximum atomic E-state index is 12.4. The van der Waals surface area contributed by atoms with Gasteiger partial charge >= 0.3 is 0 Å². The van der Waals surface area contributed by atoms with E-state index in [2.05, 4.69) is 6.07 Å². The van der Waals surface area contributed by atoms with E-state index in [1.54, 1.807) is 18.4 Å². The van der Waals surface area contributed by atoms with Gasteiger partial charge in [-0.15, -0.1) is 11.3 Å². The molecule has 1 saturated carbocycles. The van der Waals surface area contributed by atoms with Crippen LogP contribution < -0.4 is 0 Å². The second kappa shape index (κ2) is 4.78. The first kappa shape index (κ1) is 12.6. The summed E-state index contributed by atoms with van der Waals surface area (Å²) in [6, 6.07) is 4.52. The first-order chi connectivity index (χ1) is 8.04. The minimum atomic E-state index is -0.722. The van der Waals surface area contributed by atoms with E-state index in [0.29, 0.717) is 12.6 Å². The Morgan fingerprint density at radius 3 is 2.76 bits per heavy atom. The van der Waals surface area contributed by atoms with Gasteiger partial charge in [-0.05, 0) is 38.1 Å². The Hall–Kier alpha value is -0.870. The molecule has 1 heterocycles. The quantitative estimate of drug-likeness (QED) is 0.807. The SMILES string of the molecule is COC(C)(C)C(=O)N(Cc1cccs1)C1CC1. The van der Waals surface area contributed by atoms with Gasteiger partial charge in [0.25, 0.3) is 5.91 Å². The molecule has 0 spiro atoms. The van der Waals surface area contributed by atoms with E-state index in [9.17, 15) is 4.79 Å². The molecule has 0 aliphatic heterocycles. The van der Waals surface area contributed by atoms with Crippen LogP contribution in [-0.4, -0.2) is 29.6 Å². The Labute approximate surface area is 106 Å². The van der Waals surface area contributed by atoms with E-state index in [4.69, 9.17) is 4.74 Å². The largest absolute Gasteiger partial charge is 0.369 e. The molecule has 1 aliphatic carbocycles. The van der Waals surface area contributed by atoms with Crippen LogP contribution in [0, 0.1) is 0 Å². The Bertz CT molecular complexity index is 382. The van der Waals surface area contributed by atoms with E-state index in [0.717, 1.165) is 12.8 Å². The molecule has 17 heavy (non-hydrogen) atoms. The van der Waals surface area contributed by atoms with Crippen LogP contribution in [0.25, 0.3) is 0 Å². The second-order valence-electron chi connectivity index (χ2n) is 4.96. The highest BCUT2D eigenvalue weighted by Crippen LogP contribution is 2.31. The van der Waals surface area contributed by atoms with Crippen LogP contribution in [0.4, 0.5) is 0 Å². The van der Waals surface area contributed by atoms with Gasteiger partial charge in [0.15, 0.2) is 0 Å². The third-order valence-electron chi connectivity index (χ3n) is 3.18. The molecule has 2 rings (SSSR count). The van der Waals surface area contributed by atoms with E-state index in [-0.39, 0.29) is 5.91 Å². The van der Waals surface area contributed by atoms with Gasteiger partial charge in [-0.25, -0.2) is 0 Å². The summed E-state index contributed by atoms with van der Waals surface area (Å²) >= 11 is 1.70. The molecule has 0 aromatic carbocycles. The summed E-state index contributed by atoms with van der Waals surface area (Å²) in [7, 11) is 1.59. The fourth-order valence-corrected chi connectivity index (χ4v) is 2.46. The summed E-state index contributed by atoms with van der Waals surface area (Å²) in [5, 5.41) is 2.05. The number of ether oxygens (including phenoxy) is 1. The number of hydrogen-bond acceptors (Lipinski definition) is 3. The van der Waals surface area contributed by atoms with Gasteiger partial charge in [-0.3, -0.25) is 4.79 Å². The average molecular weight is 253 g/mol. The molecule has 1 amide bonds. The summed E-state index contributed by atoms with van der Waals surface area (Å²) in [4.78, 5) is 15.6. The van der Waals surface area contributed by atoms with Crippen molar-refractivity contribution in [1.82, 2.24) is 4.90 Å². The molecule has 0 N–H and O–H groups in total. The van der Waals surface area contributed by atoms with Gasteiger partial charge in [-0.2, -0.15) is 0 Å². The van der Waals surface area contributed by atoms with Crippen molar-refractivity contribution in [2.24, 2.45) is 0 Å². The Morgan fingerprint density at radius 1 is 1.59 bits per heavy atom. The zero-order valence-electron chi connectivity index (χ0n) is 10.6. The molecule has 0 unspecified atom stereocenters. The van der Waals surface area contributed by atoms with Gasteiger partial charge in [0.1, 0.15) is 5.60 Å². The highest BCUT2D eigenvalue weighted by atomic mass is 32.1. The maximum Gasteiger partial charge on any atom is 0.254 e. The predicted molar refractivity (Wildman–Crippen MR) is 69.0 cm³/mol. The molecule has 1 aliphatic rings. The van der Waals surface area contributed by atoms with Crippen LogP contribution in [0.1, 0.15) is 31.6 Å². The molecule has 0 bridgehead atoms. The third kappa shape index (κ3) is 2.87. The lowest BCUT2D eigenvalue weighted by Gasteiger charge is -2.30. The van der Waals surface area contributed by atoms with E-state index in [1.165, 1.54) is 4.88 Å². The van der Waals surface area contributed by atoms with Crippen LogP contribution in [0.2, 0.25) is 0 Å². The maximum absolute atomic E-state index is 12.4. The van der Waals surface area contributed by atoms with Crippen molar-refractivity contribution in [1.29, 1.82) is 0 Å². The van der Waals surface area contributed by atoms with Crippen molar-refractivity contribution in [3.63, 3.8) is 0 Å². The van der Waals surface area contributed by atoms with Crippen molar-refractivity contribution >= 4 is 17.2 Å². The molecular formula is C13H19NO2S. The molecule has 1 aromatic rings. The lowest BCUT2D eigenvalue weighted by Crippen LogP contribution is -2.47. The van der Waals surface area contributed by atoms with Crippen molar-refractivity contribution < 1.29 is 9.53 Å². The minimum Gasteiger partial charge on any atom is -0.369 e. The van der Waals surface area contributed by atoms with Gasteiger partial charge in [0.05, 0.1) is 6.54 Å². The molecule has 0 radical (unpaired) electrons. The molecule has 94 valence electrons. The average Bonchev–Trinajstić information content (AvgIpc) is 3.03. The van der Waals surface area contributed by atoms with Crippen LogP contribution in [0.3, 0.4) is 0 Å². The van der Waals surface area contributed by atoms with Crippen LogP contribution in [0.15, 0.2) is 17.5 Å². The Kier molecular flexibility index (Phi) is 3.54. The number of carbonyl (C=O) groups is 1.